The van der Waals surface area contributed by atoms with Gasteiger partial charge in [-0.05, 0) is 224 Å². The largest absolute Gasteiger partial charge is 0.338 e. The fraction of sp³-hybridized carbons (Fsp3) is 0.910. The monoisotopic (exact) mass is 1460 g/mol. The molecule has 3 fully saturated rings. The molecule has 4 N–H and O–H groups in total. The highest BCUT2D eigenvalue weighted by molar-refractivity contribution is 14.3. The van der Waals surface area contributed by atoms with Crippen molar-refractivity contribution in [2.45, 2.75) is 350 Å². The highest BCUT2D eigenvalue weighted by atomic mass is 127. The number of urea groups is 2. The van der Waals surface area contributed by atoms with Gasteiger partial charge < -0.3 is 36.0 Å². The molecule has 3 rings (SSSR count). The molecule has 0 saturated heterocycles. The van der Waals surface area contributed by atoms with Crippen LogP contribution in [0.3, 0.4) is 0 Å². The molecule has 3 aliphatic carbocycles. The van der Waals surface area contributed by atoms with Crippen LogP contribution in [0.2, 0.25) is 0 Å². The SMILES string of the molecule is CC(C)N(C(=O)CCC1(C)CC(NC(=O)N(C(C)C)C(C)C)CC(C)(C)C1)C(C)C.CC(C)N(C(=O)NC1CC(C)(C)CC(C)(CN=C=O)C1)C(C)C.CC(C)NC(C)C.CC(C)NC(C)C.CC1(C)CC(N=C=O)CC(C)(CN=C=O)C1.[2H]P(I)I. The van der Waals surface area contributed by atoms with E-state index in [9.17, 15) is 28.8 Å². The van der Waals surface area contributed by atoms with E-state index in [2.05, 4.69) is 253 Å². The van der Waals surface area contributed by atoms with Crippen LogP contribution in [0.5, 0.6) is 0 Å². The van der Waals surface area contributed by atoms with E-state index in [0.717, 1.165) is 64.2 Å². The molecule has 3 aliphatic rings. The fourth-order valence-electron chi connectivity index (χ4n) is 14.8. The van der Waals surface area contributed by atoms with Gasteiger partial charge in [-0.25, -0.2) is 38.9 Å². The molecule has 6 atom stereocenters. The van der Waals surface area contributed by atoms with Crippen LogP contribution in [0.4, 0.5) is 9.59 Å². The number of nitrogens with one attached hydrogen (secondary N) is 4. The Hall–Kier alpha value is -2.04. The van der Waals surface area contributed by atoms with E-state index in [1.807, 2.05) is 42.4 Å². The van der Waals surface area contributed by atoms with Crippen molar-refractivity contribution in [2.75, 3.05) is 13.1 Å². The van der Waals surface area contributed by atoms with Gasteiger partial charge in [0.25, 0.3) is 0 Å². The number of hydrogen-bond donors (Lipinski definition) is 4. The predicted octanol–water partition coefficient (Wildman–Crippen LogP) is 17.0. The quantitative estimate of drug-likeness (QED) is 0.0400. The molecule has 0 aromatic heterocycles. The van der Waals surface area contributed by atoms with Crippen LogP contribution >= 0.6 is 47.9 Å². The number of carbonyl (C=O) groups is 3. The van der Waals surface area contributed by atoms with E-state index in [1.54, 1.807) is 18.2 Å². The van der Waals surface area contributed by atoms with Crippen LogP contribution in [0.25, 0.3) is 0 Å². The Kier molecular flexibility index (Phi) is 42.2. The summed E-state index contributed by atoms with van der Waals surface area (Å²) in [5, 5.41) is 13.2. The van der Waals surface area contributed by atoms with Crippen molar-refractivity contribution in [2.24, 2.45) is 47.5 Å². The average Bonchev–Trinajstić information content (AvgIpc) is 1.01. The third-order valence-corrected chi connectivity index (χ3v) is 15.6. The van der Waals surface area contributed by atoms with Gasteiger partial charge in [-0.1, -0.05) is 118 Å². The van der Waals surface area contributed by atoms with Crippen LogP contribution in [-0.2, 0) is 19.2 Å². The van der Waals surface area contributed by atoms with Crippen molar-refractivity contribution in [1.29, 1.82) is 1.28 Å². The van der Waals surface area contributed by atoms with E-state index < -0.39 is 3.81 Å². The number of carbonyl (C=O) groups excluding carboxylic acids is 6. The second-order valence-electron chi connectivity index (χ2n) is 31.4. The minimum Gasteiger partial charge on any atom is -0.338 e. The van der Waals surface area contributed by atoms with Crippen LogP contribution in [0.1, 0.15) is 271 Å². The Morgan fingerprint density at radius 1 is 0.477 bits per heavy atom. The second-order valence-corrected chi connectivity index (χ2v) is 39.9. The average molecular weight is 1460 g/mol. The van der Waals surface area contributed by atoms with E-state index in [0.29, 0.717) is 43.7 Å². The minimum atomic E-state index is -0.430. The third-order valence-electron chi connectivity index (χ3n) is 15.6. The first kappa shape index (κ1) is 86.0. The fourth-order valence-corrected chi connectivity index (χ4v) is 14.8. The Labute approximate surface area is 556 Å². The number of halogens is 2. The molecule has 86 heavy (non-hydrogen) atoms. The zero-order chi connectivity index (χ0) is 68.8. The van der Waals surface area contributed by atoms with Crippen molar-refractivity contribution >= 4 is 84.1 Å². The van der Waals surface area contributed by atoms with Crippen molar-refractivity contribution in [3.8, 4) is 0 Å². The molecule has 3 saturated carbocycles. The summed E-state index contributed by atoms with van der Waals surface area (Å²) in [5.41, 5.74) is 0.293. The van der Waals surface area contributed by atoms with E-state index in [1.165, 1.54) is 0 Å². The van der Waals surface area contributed by atoms with Crippen LogP contribution in [-0.4, -0.2) is 144 Å². The van der Waals surface area contributed by atoms with Gasteiger partial charge >= 0.3 is 12.1 Å². The lowest BCUT2D eigenvalue weighted by Gasteiger charge is -2.47. The van der Waals surface area contributed by atoms with Gasteiger partial charge in [0, 0.05) is 82.7 Å². The van der Waals surface area contributed by atoms with Crippen LogP contribution in [0.15, 0.2) is 15.0 Å². The molecule has 0 bridgehead atoms. The zero-order valence-corrected chi connectivity index (χ0v) is 65.2. The summed E-state index contributed by atoms with van der Waals surface area (Å²) in [7, 11) is 0. The number of aliphatic imine (C=N–C) groups is 3. The Balaban J connectivity index is -0.00000109. The number of nitrogens with zero attached hydrogens (tertiary/aromatic N) is 6. The van der Waals surface area contributed by atoms with Gasteiger partial charge in [0.15, 0.2) is 0 Å². The Morgan fingerprint density at radius 2 is 0.767 bits per heavy atom. The maximum atomic E-state index is 13.0. The molecule has 0 aromatic carbocycles. The lowest BCUT2D eigenvalue weighted by molar-refractivity contribution is -0.135. The molecule has 0 radical (unpaired) electrons. The number of hydrogen-bond acceptors (Lipinski definition) is 11. The standard InChI is InChI=1S/C25H49N3O2.C18H33N3O2.C12H18N2O2.2C6H15N.HI2P/c1-17(2)27(18(3)4)22(29)12-13-25(11)15-21(14-24(9,10)16-25)26-23(30)28(19(5)6)20(7)8;1-13(2)21(14(3)4)16(23)20-15-8-17(5,6)10-18(7,9-15)11-19-12-22;1-11(2)4-10(14-9-16)5-12(3,6-11)7-13-8-15;2*1-5(2)7-6(3)4;1-3-2/h17-21H,12-16H2,1-11H3,(H,26,30);13-15H,8-11H2,1-7H3,(H,20,23);10H,4-7H2,1-3H3;2*5-7H,1-4H3;3H/i;;;;;3D. The van der Waals surface area contributed by atoms with Crippen LogP contribution < -0.4 is 21.3 Å². The lowest BCUT2D eigenvalue weighted by atomic mass is 9.61. The molecule has 6 unspecified atom stereocenters. The molecule has 19 heteroatoms. The maximum Gasteiger partial charge on any atom is 0.318 e. The second kappa shape index (κ2) is 42.2. The Morgan fingerprint density at radius 3 is 1.05 bits per heavy atom. The zero-order valence-electron chi connectivity index (χ0n) is 61.0. The van der Waals surface area contributed by atoms with E-state index >= 15 is 0 Å². The third kappa shape index (κ3) is 39.3. The molecular formula is C67H131I2N10O6P. The summed E-state index contributed by atoms with van der Waals surface area (Å²) < 4.78 is 6.19. The highest BCUT2D eigenvalue weighted by Crippen LogP contribution is 2.50. The molecular weight excluding hydrogens is 1330 g/mol. The number of isocyanates is 3. The summed E-state index contributed by atoms with van der Waals surface area (Å²) in [6, 6.07) is 3.91. The van der Waals surface area contributed by atoms with Crippen molar-refractivity contribution in [3.05, 3.63) is 0 Å². The molecule has 0 heterocycles. The van der Waals surface area contributed by atoms with Gasteiger partial charge in [-0.2, -0.15) is 0 Å². The van der Waals surface area contributed by atoms with Gasteiger partial charge in [-0.3, -0.25) is 4.79 Å². The van der Waals surface area contributed by atoms with Gasteiger partial charge in [-0.15, -0.1) is 0 Å². The molecule has 0 spiro atoms. The molecule has 5 amide bonds. The number of amides is 5. The van der Waals surface area contributed by atoms with E-state index in [4.69, 9.17) is 1.28 Å². The predicted molar refractivity (Wildman–Crippen MR) is 383 cm³/mol. The maximum absolute atomic E-state index is 13.0. The van der Waals surface area contributed by atoms with Crippen molar-refractivity contribution in [1.82, 2.24) is 36.0 Å². The summed E-state index contributed by atoms with van der Waals surface area (Å²) in [6.07, 6.45) is 14.8. The summed E-state index contributed by atoms with van der Waals surface area (Å²) in [5.74, 6) is 0.246. The highest BCUT2D eigenvalue weighted by Gasteiger charge is 2.45. The number of rotatable bonds is 20. The first-order chi connectivity index (χ1) is 39.5. The summed E-state index contributed by atoms with van der Waals surface area (Å²) in [6.45, 7) is 62.8. The molecule has 0 aliphatic heterocycles. The summed E-state index contributed by atoms with van der Waals surface area (Å²) >= 11 is 4.12. The minimum absolute atomic E-state index is 0.000983. The van der Waals surface area contributed by atoms with E-state index in [-0.39, 0.29) is 105 Å². The van der Waals surface area contributed by atoms with Gasteiger partial charge in [0.1, 0.15) is 0 Å². The first-order valence-electron chi connectivity index (χ1n) is 32.7. The molecule has 16 nitrogen and oxygen atoms in total. The van der Waals surface area contributed by atoms with Crippen LogP contribution in [0, 0.1) is 32.5 Å². The van der Waals surface area contributed by atoms with Gasteiger partial charge in [0.2, 0.25) is 24.1 Å². The molecule has 504 valence electrons. The Bertz CT molecular complexity index is 2070. The first-order valence-corrected chi connectivity index (χ1v) is 38.7. The van der Waals surface area contributed by atoms with Gasteiger partial charge in [0.05, 0.1) is 20.4 Å². The summed E-state index contributed by atoms with van der Waals surface area (Å²) in [4.78, 5) is 86.7. The van der Waals surface area contributed by atoms with Crippen molar-refractivity contribution in [3.63, 3.8) is 0 Å². The topological polar surface area (TPSA) is 197 Å². The smallest absolute Gasteiger partial charge is 0.318 e. The van der Waals surface area contributed by atoms with Crippen molar-refractivity contribution < 1.29 is 28.8 Å². The molecule has 0 aromatic rings. The normalized spacial score (nSPS) is 23.7. The lowest BCUT2D eigenvalue weighted by Crippen LogP contribution is -2.54.